The topological polar surface area (TPSA) is 55.0 Å². The highest BCUT2D eigenvalue weighted by molar-refractivity contribution is 5.32. The normalized spacial score (nSPS) is 22.6. The summed E-state index contributed by atoms with van der Waals surface area (Å²) in [7, 11) is 0. The van der Waals surface area contributed by atoms with E-state index in [1.165, 1.54) is 31.4 Å². The van der Waals surface area contributed by atoms with Gasteiger partial charge in [0.15, 0.2) is 0 Å². The number of hydrogen-bond donors (Lipinski definition) is 1. The molecule has 0 radical (unpaired) electrons. The van der Waals surface area contributed by atoms with Crippen molar-refractivity contribution >= 4 is 5.95 Å². The standard InChI is InChI=1S/C14H22N4/c15-12-6-9-18(10-7-12)14-16-8-5-13(17-14)11-3-1-2-4-11/h5,8,11-12H,1-4,6-7,9-10,15H2. The predicted octanol–water partition coefficient (Wildman–Crippen LogP) is 2.06. The monoisotopic (exact) mass is 246 g/mol. The van der Waals surface area contributed by atoms with Crippen molar-refractivity contribution in [2.75, 3.05) is 18.0 Å². The van der Waals surface area contributed by atoms with Gasteiger partial charge in [-0.15, -0.1) is 0 Å². The first kappa shape index (κ1) is 11.9. The quantitative estimate of drug-likeness (QED) is 0.868. The molecular weight excluding hydrogens is 224 g/mol. The van der Waals surface area contributed by atoms with Crippen LogP contribution < -0.4 is 10.6 Å². The van der Waals surface area contributed by atoms with Crippen molar-refractivity contribution in [3.63, 3.8) is 0 Å². The molecule has 1 aromatic heterocycles. The first-order chi connectivity index (χ1) is 8.83. The van der Waals surface area contributed by atoms with E-state index in [0.29, 0.717) is 12.0 Å². The van der Waals surface area contributed by atoms with Crippen molar-refractivity contribution < 1.29 is 0 Å². The number of nitrogens with zero attached hydrogens (tertiary/aromatic N) is 3. The average molecular weight is 246 g/mol. The minimum Gasteiger partial charge on any atom is -0.341 e. The third-order valence-corrected chi connectivity index (χ3v) is 4.26. The molecule has 4 heteroatoms. The second-order valence-corrected chi connectivity index (χ2v) is 5.59. The van der Waals surface area contributed by atoms with Crippen LogP contribution in [0.2, 0.25) is 0 Å². The highest BCUT2D eigenvalue weighted by atomic mass is 15.3. The van der Waals surface area contributed by atoms with Crippen molar-refractivity contribution in [2.24, 2.45) is 5.73 Å². The second-order valence-electron chi connectivity index (χ2n) is 5.59. The van der Waals surface area contributed by atoms with Crippen LogP contribution >= 0.6 is 0 Å². The molecule has 0 unspecified atom stereocenters. The maximum atomic E-state index is 5.94. The zero-order valence-electron chi connectivity index (χ0n) is 10.9. The molecule has 0 bridgehead atoms. The molecule has 1 aliphatic carbocycles. The summed E-state index contributed by atoms with van der Waals surface area (Å²) in [6, 6.07) is 2.45. The lowest BCUT2D eigenvalue weighted by molar-refractivity contribution is 0.494. The van der Waals surface area contributed by atoms with Crippen LogP contribution in [0.25, 0.3) is 0 Å². The van der Waals surface area contributed by atoms with Crippen LogP contribution in [0.5, 0.6) is 0 Å². The van der Waals surface area contributed by atoms with Crippen LogP contribution in [0.1, 0.15) is 50.1 Å². The Bertz CT molecular complexity index is 393. The van der Waals surface area contributed by atoms with Crippen LogP contribution in [-0.4, -0.2) is 29.1 Å². The van der Waals surface area contributed by atoms with Gasteiger partial charge < -0.3 is 10.6 Å². The Labute approximate surface area is 109 Å². The lowest BCUT2D eigenvalue weighted by Crippen LogP contribution is -2.40. The van der Waals surface area contributed by atoms with E-state index in [9.17, 15) is 0 Å². The van der Waals surface area contributed by atoms with Gasteiger partial charge in [0, 0.05) is 36.9 Å². The van der Waals surface area contributed by atoms with E-state index < -0.39 is 0 Å². The van der Waals surface area contributed by atoms with E-state index >= 15 is 0 Å². The first-order valence-electron chi connectivity index (χ1n) is 7.16. The van der Waals surface area contributed by atoms with Gasteiger partial charge in [-0.3, -0.25) is 0 Å². The molecule has 4 nitrogen and oxygen atoms in total. The number of piperidine rings is 1. The Morgan fingerprint density at radius 1 is 1.11 bits per heavy atom. The summed E-state index contributed by atoms with van der Waals surface area (Å²) >= 11 is 0. The van der Waals surface area contributed by atoms with Gasteiger partial charge >= 0.3 is 0 Å². The maximum absolute atomic E-state index is 5.94. The molecule has 0 atom stereocenters. The summed E-state index contributed by atoms with van der Waals surface area (Å²) in [6.45, 7) is 1.99. The molecule has 2 aliphatic rings. The molecule has 98 valence electrons. The Balaban J connectivity index is 1.74. The van der Waals surface area contributed by atoms with Crippen molar-refractivity contribution in [1.82, 2.24) is 9.97 Å². The van der Waals surface area contributed by atoms with Crippen molar-refractivity contribution in [2.45, 2.75) is 50.5 Å². The van der Waals surface area contributed by atoms with E-state index in [1.54, 1.807) is 0 Å². The molecule has 2 fully saturated rings. The van der Waals surface area contributed by atoms with E-state index in [0.717, 1.165) is 31.9 Å². The highest BCUT2D eigenvalue weighted by Crippen LogP contribution is 2.33. The number of rotatable bonds is 2. The van der Waals surface area contributed by atoms with Crippen LogP contribution in [-0.2, 0) is 0 Å². The van der Waals surface area contributed by atoms with Crippen molar-refractivity contribution in [1.29, 1.82) is 0 Å². The Morgan fingerprint density at radius 3 is 2.56 bits per heavy atom. The van der Waals surface area contributed by atoms with E-state index in [1.807, 2.05) is 6.20 Å². The summed E-state index contributed by atoms with van der Waals surface area (Å²) < 4.78 is 0. The lowest BCUT2D eigenvalue weighted by Gasteiger charge is -2.30. The zero-order chi connectivity index (χ0) is 12.4. The summed E-state index contributed by atoms with van der Waals surface area (Å²) in [4.78, 5) is 11.5. The molecule has 0 spiro atoms. The minimum absolute atomic E-state index is 0.360. The molecule has 1 aromatic rings. The highest BCUT2D eigenvalue weighted by Gasteiger charge is 2.21. The Kier molecular flexibility index (Phi) is 3.46. The predicted molar refractivity (Wildman–Crippen MR) is 72.7 cm³/mol. The molecule has 2 N–H and O–H groups in total. The smallest absolute Gasteiger partial charge is 0.225 e. The van der Waals surface area contributed by atoms with Crippen LogP contribution in [0.15, 0.2) is 12.3 Å². The average Bonchev–Trinajstić information content (AvgIpc) is 2.94. The molecule has 2 heterocycles. The van der Waals surface area contributed by atoms with Gasteiger partial charge in [-0.25, -0.2) is 9.97 Å². The summed E-state index contributed by atoms with van der Waals surface area (Å²) in [5.41, 5.74) is 7.18. The summed E-state index contributed by atoms with van der Waals surface area (Å²) in [6.07, 6.45) is 9.31. The SMILES string of the molecule is NC1CCN(c2nccc(C3CCCC3)n2)CC1. The Hall–Kier alpha value is -1.16. The van der Waals surface area contributed by atoms with Crippen molar-refractivity contribution in [3.05, 3.63) is 18.0 Å². The van der Waals surface area contributed by atoms with Crippen molar-refractivity contribution in [3.8, 4) is 0 Å². The van der Waals surface area contributed by atoms with E-state index in [2.05, 4.69) is 16.0 Å². The lowest BCUT2D eigenvalue weighted by atomic mass is 10.0. The minimum atomic E-state index is 0.360. The first-order valence-corrected chi connectivity index (χ1v) is 7.16. The third-order valence-electron chi connectivity index (χ3n) is 4.26. The molecule has 1 aliphatic heterocycles. The van der Waals surface area contributed by atoms with Gasteiger partial charge in [-0.1, -0.05) is 12.8 Å². The number of aromatic nitrogens is 2. The van der Waals surface area contributed by atoms with Gasteiger partial charge in [0.25, 0.3) is 0 Å². The van der Waals surface area contributed by atoms with Crippen LogP contribution in [0, 0.1) is 0 Å². The molecular formula is C14H22N4. The van der Waals surface area contributed by atoms with E-state index in [4.69, 9.17) is 10.7 Å². The van der Waals surface area contributed by atoms with Crippen LogP contribution in [0.3, 0.4) is 0 Å². The van der Waals surface area contributed by atoms with Gasteiger partial charge in [0.2, 0.25) is 5.95 Å². The zero-order valence-corrected chi connectivity index (χ0v) is 10.9. The van der Waals surface area contributed by atoms with Gasteiger partial charge in [0.1, 0.15) is 0 Å². The molecule has 0 aromatic carbocycles. The summed E-state index contributed by atoms with van der Waals surface area (Å²) in [5.74, 6) is 1.57. The molecule has 1 saturated carbocycles. The fourth-order valence-corrected chi connectivity index (χ4v) is 3.06. The number of anilines is 1. The maximum Gasteiger partial charge on any atom is 0.225 e. The number of hydrogen-bond acceptors (Lipinski definition) is 4. The second kappa shape index (κ2) is 5.22. The van der Waals surface area contributed by atoms with Crippen LogP contribution in [0.4, 0.5) is 5.95 Å². The molecule has 0 amide bonds. The molecule has 3 rings (SSSR count). The number of nitrogens with two attached hydrogens (primary N) is 1. The fraction of sp³-hybridized carbons (Fsp3) is 0.714. The Morgan fingerprint density at radius 2 is 1.83 bits per heavy atom. The fourth-order valence-electron chi connectivity index (χ4n) is 3.06. The van der Waals surface area contributed by atoms with E-state index in [-0.39, 0.29) is 0 Å². The van der Waals surface area contributed by atoms with Gasteiger partial charge in [0.05, 0.1) is 0 Å². The van der Waals surface area contributed by atoms with Gasteiger partial charge in [-0.2, -0.15) is 0 Å². The largest absolute Gasteiger partial charge is 0.341 e. The summed E-state index contributed by atoms with van der Waals surface area (Å²) in [5, 5.41) is 0. The molecule has 18 heavy (non-hydrogen) atoms. The molecule has 1 saturated heterocycles. The van der Waals surface area contributed by atoms with Gasteiger partial charge in [-0.05, 0) is 31.7 Å². The third kappa shape index (κ3) is 2.48.